The van der Waals surface area contributed by atoms with E-state index in [9.17, 15) is 8.42 Å². The molecule has 1 aromatic rings. The van der Waals surface area contributed by atoms with Crippen LogP contribution < -0.4 is 5.73 Å². The van der Waals surface area contributed by atoms with E-state index in [-0.39, 0.29) is 5.03 Å². The smallest absolute Gasteiger partial charge is 0.192 e. The molecule has 84 valence electrons. The van der Waals surface area contributed by atoms with Crippen LogP contribution >= 0.6 is 0 Å². The van der Waals surface area contributed by atoms with Crippen LogP contribution in [0.25, 0.3) is 0 Å². The van der Waals surface area contributed by atoms with Gasteiger partial charge in [0.1, 0.15) is 0 Å². The summed E-state index contributed by atoms with van der Waals surface area (Å²) in [6.45, 7) is 3.83. The number of aromatic nitrogens is 1. The van der Waals surface area contributed by atoms with Gasteiger partial charge in [0.2, 0.25) is 0 Å². The molecule has 0 aliphatic heterocycles. The van der Waals surface area contributed by atoms with Gasteiger partial charge in [-0.3, -0.25) is 0 Å². The monoisotopic (exact) mass is 228 g/mol. The summed E-state index contributed by atoms with van der Waals surface area (Å²) in [6, 6.07) is 3.29. The Morgan fingerprint density at radius 2 is 2.13 bits per heavy atom. The molecule has 0 bridgehead atoms. The van der Waals surface area contributed by atoms with E-state index in [4.69, 9.17) is 5.73 Å². The molecule has 4 nitrogen and oxygen atoms in total. The Bertz CT molecular complexity index is 452. The fourth-order valence-corrected chi connectivity index (χ4v) is 1.76. The minimum absolute atomic E-state index is 0.0742. The first-order valence-corrected chi connectivity index (χ1v) is 6.62. The molecule has 0 radical (unpaired) electrons. The fraction of sp³-hybridized carbons (Fsp3) is 0.500. The predicted molar refractivity (Wildman–Crippen MR) is 59.2 cm³/mol. The van der Waals surface area contributed by atoms with E-state index in [0.29, 0.717) is 0 Å². The van der Waals surface area contributed by atoms with E-state index in [1.165, 1.54) is 6.20 Å². The molecule has 1 atom stereocenters. The molecule has 2 N–H and O–H groups in total. The van der Waals surface area contributed by atoms with Crippen molar-refractivity contribution in [2.24, 2.45) is 5.73 Å². The SMILES string of the molecule is CCC(C)(N)c1ccnc(S(C)(=O)=O)c1. The van der Waals surface area contributed by atoms with E-state index in [1.54, 1.807) is 12.1 Å². The van der Waals surface area contributed by atoms with Crippen molar-refractivity contribution >= 4 is 9.84 Å². The van der Waals surface area contributed by atoms with Gasteiger partial charge in [-0.25, -0.2) is 13.4 Å². The molecule has 1 aromatic heterocycles. The van der Waals surface area contributed by atoms with Crippen LogP contribution in [-0.2, 0) is 15.4 Å². The number of rotatable bonds is 3. The third-order valence-corrected chi connectivity index (χ3v) is 3.49. The minimum atomic E-state index is -3.26. The average molecular weight is 228 g/mol. The summed E-state index contributed by atoms with van der Waals surface area (Å²) in [5.74, 6) is 0. The largest absolute Gasteiger partial charge is 0.322 e. The molecule has 0 spiro atoms. The molecule has 1 unspecified atom stereocenters. The van der Waals surface area contributed by atoms with Crippen LogP contribution in [0, 0.1) is 0 Å². The Kier molecular flexibility index (Phi) is 3.16. The maximum absolute atomic E-state index is 11.3. The predicted octanol–water partition coefficient (Wildman–Crippen LogP) is 1.07. The van der Waals surface area contributed by atoms with Gasteiger partial charge in [0.25, 0.3) is 0 Å². The molecule has 1 rings (SSSR count). The van der Waals surface area contributed by atoms with Gasteiger partial charge in [-0.1, -0.05) is 6.92 Å². The molecule has 0 aliphatic carbocycles. The minimum Gasteiger partial charge on any atom is -0.322 e. The Hall–Kier alpha value is -0.940. The lowest BCUT2D eigenvalue weighted by molar-refractivity contribution is 0.474. The van der Waals surface area contributed by atoms with Crippen LogP contribution in [0.3, 0.4) is 0 Å². The summed E-state index contributed by atoms with van der Waals surface area (Å²) in [5.41, 5.74) is 6.31. The Morgan fingerprint density at radius 3 is 2.60 bits per heavy atom. The van der Waals surface area contributed by atoms with Crippen LogP contribution in [0.1, 0.15) is 25.8 Å². The van der Waals surface area contributed by atoms with E-state index in [2.05, 4.69) is 4.98 Å². The molecule has 15 heavy (non-hydrogen) atoms. The first-order chi connectivity index (χ1) is 6.77. The van der Waals surface area contributed by atoms with Crippen LogP contribution in [0.2, 0.25) is 0 Å². The molecule has 1 heterocycles. The quantitative estimate of drug-likeness (QED) is 0.839. The Morgan fingerprint density at radius 1 is 1.53 bits per heavy atom. The second kappa shape index (κ2) is 3.90. The number of sulfone groups is 1. The number of pyridine rings is 1. The average Bonchev–Trinajstić information content (AvgIpc) is 2.17. The van der Waals surface area contributed by atoms with Crippen molar-refractivity contribution in [3.05, 3.63) is 23.9 Å². The normalized spacial score (nSPS) is 16.0. The van der Waals surface area contributed by atoms with Crippen molar-refractivity contribution in [1.82, 2.24) is 4.98 Å². The van der Waals surface area contributed by atoms with Crippen LogP contribution in [0.15, 0.2) is 23.4 Å². The van der Waals surface area contributed by atoms with Crippen molar-refractivity contribution in [2.75, 3.05) is 6.26 Å². The molecule has 0 aromatic carbocycles. The maximum Gasteiger partial charge on any atom is 0.192 e. The molecule has 0 saturated heterocycles. The van der Waals surface area contributed by atoms with Crippen LogP contribution in [0.5, 0.6) is 0 Å². The second-order valence-corrected chi connectivity index (χ2v) is 5.89. The summed E-state index contributed by atoms with van der Waals surface area (Å²) in [7, 11) is -3.26. The molecular weight excluding hydrogens is 212 g/mol. The van der Waals surface area contributed by atoms with E-state index in [1.807, 2.05) is 13.8 Å². The summed E-state index contributed by atoms with van der Waals surface area (Å²) in [5, 5.41) is 0.0742. The second-order valence-electron chi connectivity index (χ2n) is 3.93. The number of nitrogens with two attached hydrogens (primary N) is 1. The highest BCUT2D eigenvalue weighted by molar-refractivity contribution is 7.90. The fourth-order valence-electron chi connectivity index (χ4n) is 1.17. The Labute approximate surface area is 90.4 Å². The lowest BCUT2D eigenvalue weighted by Gasteiger charge is -2.23. The van der Waals surface area contributed by atoms with Gasteiger partial charge >= 0.3 is 0 Å². The first-order valence-electron chi connectivity index (χ1n) is 4.73. The van der Waals surface area contributed by atoms with Crippen molar-refractivity contribution in [2.45, 2.75) is 30.8 Å². The maximum atomic E-state index is 11.3. The van der Waals surface area contributed by atoms with Gasteiger partial charge in [0.15, 0.2) is 14.9 Å². The van der Waals surface area contributed by atoms with Crippen molar-refractivity contribution in [3.8, 4) is 0 Å². The van der Waals surface area contributed by atoms with E-state index >= 15 is 0 Å². The highest BCUT2D eigenvalue weighted by Crippen LogP contribution is 2.22. The zero-order valence-corrected chi connectivity index (χ0v) is 10.0. The van der Waals surface area contributed by atoms with Gasteiger partial charge in [0, 0.05) is 18.0 Å². The zero-order chi connectivity index (χ0) is 11.7. The van der Waals surface area contributed by atoms with Crippen molar-refractivity contribution in [1.29, 1.82) is 0 Å². The lowest BCUT2D eigenvalue weighted by atomic mass is 9.92. The summed E-state index contributed by atoms with van der Waals surface area (Å²) >= 11 is 0. The molecular formula is C10H16N2O2S. The van der Waals surface area contributed by atoms with Gasteiger partial charge in [-0.15, -0.1) is 0 Å². The van der Waals surface area contributed by atoms with Gasteiger partial charge in [-0.2, -0.15) is 0 Å². The third-order valence-electron chi connectivity index (χ3n) is 2.51. The zero-order valence-electron chi connectivity index (χ0n) is 9.19. The first kappa shape index (κ1) is 12.1. The van der Waals surface area contributed by atoms with Crippen LogP contribution in [0.4, 0.5) is 0 Å². The Balaban J connectivity index is 3.26. The molecule has 0 saturated carbocycles. The van der Waals surface area contributed by atoms with Gasteiger partial charge in [-0.05, 0) is 31.0 Å². The van der Waals surface area contributed by atoms with Crippen molar-refractivity contribution < 1.29 is 8.42 Å². The summed E-state index contributed by atoms with van der Waals surface area (Å²) in [4.78, 5) is 3.81. The van der Waals surface area contributed by atoms with E-state index < -0.39 is 15.4 Å². The highest BCUT2D eigenvalue weighted by Gasteiger charge is 2.20. The molecule has 0 aliphatic rings. The van der Waals surface area contributed by atoms with Gasteiger partial charge < -0.3 is 5.73 Å². The highest BCUT2D eigenvalue weighted by atomic mass is 32.2. The standard InChI is InChI=1S/C10H16N2O2S/c1-4-10(2,11)8-5-6-12-9(7-8)15(3,13)14/h5-7H,4,11H2,1-3H3. The summed E-state index contributed by atoms with van der Waals surface area (Å²) in [6.07, 6.45) is 3.35. The van der Waals surface area contributed by atoms with Gasteiger partial charge in [0.05, 0.1) is 0 Å². The number of hydrogen-bond donors (Lipinski definition) is 1. The lowest BCUT2D eigenvalue weighted by Crippen LogP contribution is -2.32. The molecule has 5 heteroatoms. The summed E-state index contributed by atoms with van der Waals surface area (Å²) < 4.78 is 22.6. The number of nitrogens with zero attached hydrogens (tertiary/aromatic N) is 1. The number of hydrogen-bond acceptors (Lipinski definition) is 4. The van der Waals surface area contributed by atoms with E-state index in [0.717, 1.165) is 18.2 Å². The molecule has 0 fully saturated rings. The van der Waals surface area contributed by atoms with Crippen molar-refractivity contribution in [3.63, 3.8) is 0 Å². The third kappa shape index (κ3) is 2.76. The topological polar surface area (TPSA) is 73.0 Å². The van der Waals surface area contributed by atoms with Crippen LogP contribution in [-0.4, -0.2) is 19.7 Å². The molecule has 0 amide bonds.